The number of anilines is 1. The summed E-state index contributed by atoms with van der Waals surface area (Å²) >= 11 is 8.68. The van der Waals surface area contributed by atoms with E-state index in [4.69, 9.17) is 16.3 Å². The van der Waals surface area contributed by atoms with Crippen LogP contribution >= 0.6 is 34.3 Å². The number of carbonyl (C=O) groups excluding carboxylic acids is 2. The number of benzene rings is 1. The molecule has 0 unspecified atom stereocenters. The molecule has 2 aromatic heterocycles. The maximum Gasteiger partial charge on any atom is 0.348 e. The zero-order valence-electron chi connectivity index (χ0n) is 14.9. The molecule has 1 aliphatic rings. The number of thiophene rings is 1. The summed E-state index contributed by atoms with van der Waals surface area (Å²) in [6.45, 7) is -0.336. The molecule has 1 N–H and O–H groups in total. The fraction of sp³-hybridized carbons (Fsp3) is 0.250. The van der Waals surface area contributed by atoms with E-state index in [1.54, 1.807) is 12.1 Å². The van der Waals surface area contributed by atoms with Crippen LogP contribution in [0.1, 0.15) is 33.0 Å². The quantitative estimate of drug-likeness (QED) is 0.562. The second-order valence-electron chi connectivity index (χ2n) is 6.44. The van der Waals surface area contributed by atoms with Crippen molar-refractivity contribution in [2.75, 3.05) is 11.9 Å². The molecule has 2 heterocycles. The Kier molecular flexibility index (Phi) is 5.75. The number of thiazole rings is 1. The lowest BCUT2D eigenvalue weighted by molar-refractivity contribution is -0.119. The highest BCUT2D eigenvalue weighted by Crippen LogP contribution is 2.30. The minimum absolute atomic E-state index is 0.336. The molecule has 144 valence electrons. The molecule has 5 nitrogen and oxygen atoms in total. The molecular formula is C20H17ClN2O3S2. The van der Waals surface area contributed by atoms with Crippen LogP contribution < -0.4 is 5.32 Å². The Morgan fingerprint density at radius 1 is 1.18 bits per heavy atom. The largest absolute Gasteiger partial charge is 0.451 e. The third-order valence-electron chi connectivity index (χ3n) is 4.42. The van der Waals surface area contributed by atoms with E-state index in [-0.39, 0.29) is 6.61 Å². The number of esters is 1. The second-order valence-corrected chi connectivity index (χ2v) is 8.87. The number of rotatable bonds is 5. The monoisotopic (exact) mass is 432 g/mol. The molecule has 4 rings (SSSR count). The summed E-state index contributed by atoms with van der Waals surface area (Å²) in [4.78, 5) is 30.5. The zero-order chi connectivity index (χ0) is 19.5. The van der Waals surface area contributed by atoms with Gasteiger partial charge in [0, 0.05) is 20.8 Å². The molecule has 3 aromatic rings. The van der Waals surface area contributed by atoms with Crippen LogP contribution in [-0.4, -0.2) is 23.5 Å². The van der Waals surface area contributed by atoms with Gasteiger partial charge in [-0.3, -0.25) is 10.1 Å². The Hall–Kier alpha value is -2.22. The summed E-state index contributed by atoms with van der Waals surface area (Å²) in [6.07, 6.45) is 4.36. The Morgan fingerprint density at radius 2 is 1.96 bits per heavy atom. The number of hydrogen-bond acceptors (Lipinski definition) is 6. The van der Waals surface area contributed by atoms with E-state index in [9.17, 15) is 9.59 Å². The number of ether oxygens (including phenoxy) is 1. The van der Waals surface area contributed by atoms with Crippen molar-refractivity contribution < 1.29 is 14.3 Å². The van der Waals surface area contributed by atoms with Gasteiger partial charge < -0.3 is 4.74 Å². The van der Waals surface area contributed by atoms with Gasteiger partial charge in [-0.25, -0.2) is 9.78 Å². The number of aromatic nitrogens is 1. The van der Waals surface area contributed by atoms with Crippen molar-refractivity contribution in [2.24, 2.45) is 0 Å². The topological polar surface area (TPSA) is 68.3 Å². The Balaban J connectivity index is 1.31. The van der Waals surface area contributed by atoms with Crippen molar-refractivity contribution in [3.63, 3.8) is 0 Å². The predicted molar refractivity (Wildman–Crippen MR) is 112 cm³/mol. The molecule has 0 atom stereocenters. The van der Waals surface area contributed by atoms with Crippen molar-refractivity contribution in [2.45, 2.75) is 25.7 Å². The van der Waals surface area contributed by atoms with Gasteiger partial charge in [0.2, 0.25) is 0 Å². The highest BCUT2D eigenvalue weighted by Gasteiger charge is 2.19. The predicted octanol–water partition coefficient (Wildman–Crippen LogP) is 5.20. The molecule has 0 radical (unpaired) electrons. The fourth-order valence-corrected chi connectivity index (χ4v) is 5.04. The molecule has 0 saturated carbocycles. The summed E-state index contributed by atoms with van der Waals surface area (Å²) in [5.41, 5.74) is 2.90. The van der Waals surface area contributed by atoms with Crippen LogP contribution in [0.5, 0.6) is 0 Å². The molecule has 0 spiro atoms. The summed E-state index contributed by atoms with van der Waals surface area (Å²) in [5.74, 6) is -0.859. The van der Waals surface area contributed by atoms with E-state index in [2.05, 4.69) is 10.3 Å². The van der Waals surface area contributed by atoms with E-state index < -0.39 is 11.9 Å². The molecule has 1 aromatic carbocycles. The fourth-order valence-electron chi connectivity index (χ4n) is 3.03. The third kappa shape index (κ3) is 4.43. The van der Waals surface area contributed by atoms with Gasteiger partial charge in [0.25, 0.3) is 5.91 Å². The van der Waals surface area contributed by atoms with Gasteiger partial charge in [-0.05, 0) is 49.4 Å². The first-order valence-corrected chi connectivity index (χ1v) is 11.0. The van der Waals surface area contributed by atoms with Gasteiger partial charge in [-0.1, -0.05) is 23.7 Å². The van der Waals surface area contributed by atoms with Crippen molar-refractivity contribution in [1.82, 2.24) is 4.98 Å². The first-order chi connectivity index (χ1) is 13.6. The van der Waals surface area contributed by atoms with Crippen molar-refractivity contribution in [3.8, 4) is 11.3 Å². The van der Waals surface area contributed by atoms with Gasteiger partial charge in [0.15, 0.2) is 11.7 Å². The zero-order valence-corrected chi connectivity index (χ0v) is 17.3. The number of carbonyl (C=O) groups is 2. The highest BCUT2D eigenvalue weighted by atomic mass is 35.5. The standard InChI is InChI=1S/C20H17ClN2O3S2/c21-14-7-5-12(6-8-14)15-11-27-20(22-15)23-18(24)10-26-19(25)17-9-13-3-1-2-4-16(13)28-17/h5-9,11H,1-4,10H2,(H,22,23,24). The normalized spacial score (nSPS) is 13.0. The SMILES string of the molecule is O=C(COC(=O)c1cc2c(s1)CCCC2)Nc1nc(-c2ccc(Cl)cc2)cs1. The van der Waals surface area contributed by atoms with Crippen LogP contribution in [0.4, 0.5) is 5.13 Å². The Labute approximate surface area is 175 Å². The summed E-state index contributed by atoms with van der Waals surface area (Å²) in [7, 11) is 0. The average Bonchev–Trinajstić information content (AvgIpc) is 3.33. The van der Waals surface area contributed by atoms with Crippen LogP contribution in [0.25, 0.3) is 11.3 Å². The molecule has 8 heteroatoms. The molecule has 1 amide bonds. The number of nitrogens with one attached hydrogen (secondary N) is 1. The summed E-state index contributed by atoms with van der Waals surface area (Å²) < 4.78 is 5.17. The van der Waals surface area contributed by atoms with Gasteiger partial charge in [0.05, 0.1) is 5.69 Å². The first kappa shape index (κ1) is 19.1. The lowest BCUT2D eigenvalue weighted by atomic mass is 9.99. The van der Waals surface area contributed by atoms with E-state index in [0.29, 0.717) is 15.0 Å². The lowest BCUT2D eigenvalue weighted by Gasteiger charge is -2.08. The second kappa shape index (κ2) is 8.43. The van der Waals surface area contributed by atoms with E-state index in [1.165, 1.54) is 33.1 Å². The minimum Gasteiger partial charge on any atom is -0.451 e. The summed E-state index contributed by atoms with van der Waals surface area (Å²) in [5, 5.41) is 5.63. The number of fused-ring (bicyclic) bond motifs is 1. The van der Waals surface area contributed by atoms with Crippen molar-refractivity contribution in [3.05, 3.63) is 56.1 Å². The van der Waals surface area contributed by atoms with Crippen LogP contribution in [0, 0.1) is 0 Å². The van der Waals surface area contributed by atoms with Crippen LogP contribution in [0.15, 0.2) is 35.7 Å². The molecule has 0 saturated heterocycles. The number of aryl methyl sites for hydroxylation is 2. The Bertz CT molecular complexity index is 987. The molecule has 0 aliphatic heterocycles. The van der Waals surface area contributed by atoms with Gasteiger partial charge >= 0.3 is 5.97 Å². The van der Waals surface area contributed by atoms with E-state index in [0.717, 1.165) is 36.9 Å². The smallest absolute Gasteiger partial charge is 0.348 e. The van der Waals surface area contributed by atoms with Crippen molar-refractivity contribution >= 4 is 51.3 Å². The summed E-state index contributed by atoms with van der Waals surface area (Å²) in [6, 6.07) is 9.21. The highest BCUT2D eigenvalue weighted by molar-refractivity contribution is 7.14. The van der Waals surface area contributed by atoms with Gasteiger partial charge in [-0.2, -0.15) is 0 Å². The maximum absolute atomic E-state index is 12.2. The average molecular weight is 433 g/mol. The van der Waals surface area contributed by atoms with E-state index in [1.807, 2.05) is 23.6 Å². The van der Waals surface area contributed by atoms with Gasteiger partial charge in [0.1, 0.15) is 4.88 Å². The molecular weight excluding hydrogens is 416 g/mol. The van der Waals surface area contributed by atoms with E-state index >= 15 is 0 Å². The minimum atomic E-state index is -0.449. The Morgan fingerprint density at radius 3 is 2.75 bits per heavy atom. The molecule has 28 heavy (non-hydrogen) atoms. The van der Waals surface area contributed by atoms with Gasteiger partial charge in [-0.15, -0.1) is 22.7 Å². The maximum atomic E-state index is 12.2. The van der Waals surface area contributed by atoms with Crippen LogP contribution in [0.3, 0.4) is 0 Å². The molecule has 1 aliphatic carbocycles. The third-order valence-corrected chi connectivity index (χ3v) is 6.65. The van der Waals surface area contributed by atoms with Crippen LogP contribution in [0.2, 0.25) is 5.02 Å². The molecule has 0 fully saturated rings. The lowest BCUT2D eigenvalue weighted by Crippen LogP contribution is -2.20. The first-order valence-electron chi connectivity index (χ1n) is 8.88. The van der Waals surface area contributed by atoms with Crippen LogP contribution in [-0.2, 0) is 22.4 Å². The number of halogens is 1. The number of amides is 1. The van der Waals surface area contributed by atoms with Crippen molar-refractivity contribution in [1.29, 1.82) is 0 Å². The number of nitrogens with zero attached hydrogens (tertiary/aromatic N) is 1. The number of hydrogen-bond donors (Lipinski definition) is 1. The molecule has 0 bridgehead atoms.